The van der Waals surface area contributed by atoms with Crippen molar-refractivity contribution in [1.82, 2.24) is 4.90 Å². The Morgan fingerprint density at radius 3 is 2.58 bits per heavy atom. The normalized spacial score (nSPS) is 23.8. The number of aliphatic hydroxyl groups excluding tert-OH is 1. The van der Waals surface area contributed by atoms with Crippen molar-refractivity contribution in [2.24, 2.45) is 11.7 Å². The molecule has 4 N–H and O–H groups in total. The molecule has 1 saturated carbocycles. The summed E-state index contributed by atoms with van der Waals surface area (Å²) in [4.78, 5) is 14.6. The van der Waals surface area contributed by atoms with Gasteiger partial charge in [0.1, 0.15) is 0 Å². The van der Waals surface area contributed by atoms with E-state index in [1.54, 1.807) is 0 Å². The van der Waals surface area contributed by atoms with Gasteiger partial charge in [-0.25, -0.2) is 0 Å². The number of amides is 1. The molecule has 2 atom stereocenters. The predicted molar refractivity (Wildman–Crippen MR) is 110 cm³/mol. The van der Waals surface area contributed by atoms with Gasteiger partial charge in [0.15, 0.2) is 0 Å². The van der Waals surface area contributed by atoms with Gasteiger partial charge in [0, 0.05) is 37.8 Å². The second-order valence-electron chi connectivity index (χ2n) is 7.31. The summed E-state index contributed by atoms with van der Waals surface area (Å²) in [5, 5.41) is 12.6. The zero-order valence-electron chi connectivity index (χ0n) is 15.1. The number of hydrogen-bond acceptors (Lipinski definition) is 4. The molecular formula is C19H31Cl2N3O2. The topological polar surface area (TPSA) is 78.6 Å². The van der Waals surface area contributed by atoms with Crippen LogP contribution in [0.3, 0.4) is 0 Å². The highest BCUT2D eigenvalue weighted by Gasteiger charge is 2.26. The van der Waals surface area contributed by atoms with Crippen LogP contribution in [0.4, 0.5) is 5.69 Å². The molecule has 2 fully saturated rings. The second kappa shape index (κ2) is 11.1. The summed E-state index contributed by atoms with van der Waals surface area (Å²) < 4.78 is 0. The first-order valence-electron chi connectivity index (χ1n) is 9.15. The summed E-state index contributed by atoms with van der Waals surface area (Å²) >= 11 is 0. The van der Waals surface area contributed by atoms with Gasteiger partial charge in [0.25, 0.3) is 0 Å². The first-order valence-corrected chi connectivity index (χ1v) is 9.15. The number of hydrogen-bond donors (Lipinski definition) is 3. The number of nitrogens with zero attached hydrogens (tertiary/aromatic N) is 1. The molecule has 148 valence electrons. The smallest absolute Gasteiger partial charge is 0.224 e. The summed E-state index contributed by atoms with van der Waals surface area (Å²) in [6, 6.07) is 8.25. The maximum Gasteiger partial charge on any atom is 0.224 e. The minimum absolute atomic E-state index is 0. The summed E-state index contributed by atoms with van der Waals surface area (Å²) in [7, 11) is 0. The van der Waals surface area contributed by atoms with E-state index >= 15 is 0 Å². The van der Waals surface area contributed by atoms with E-state index in [-0.39, 0.29) is 42.9 Å². The zero-order valence-corrected chi connectivity index (χ0v) is 16.7. The van der Waals surface area contributed by atoms with Crippen molar-refractivity contribution >= 4 is 36.4 Å². The number of nitrogens with two attached hydrogens (primary N) is 1. The van der Waals surface area contributed by atoms with Crippen LogP contribution in [0.5, 0.6) is 0 Å². The summed E-state index contributed by atoms with van der Waals surface area (Å²) in [6.45, 7) is 2.72. The Morgan fingerprint density at radius 1 is 1.19 bits per heavy atom. The van der Waals surface area contributed by atoms with E-state index in [1.807, 2.05) is 12.1 Å². The van der Waals surface area contributed by atoms with Crippen LogP contribution in [-0.2, 0) is 11.3 Å². The Bertz CT molecular complexity index is 565. The molecule has 0 unspecified atom stereocenters. The van der Waals surface area contributed by atoms with Crippen molar-refractivity contribution in [2.75, 3.05) is 18.4 Å². The van der Waals surface area contributed by atoms with Crippen molar-refractivity contribution in [2.45, 2.75) is 57.2 Å². The van der Waals surface area contributed by atoms with Crippen LogP contribution in [0.15, 0.2) is 24.3 Å². The van der Waals surface area contributed by atoms with E-state index < -0.39 is 0 Å². The fourth-order valence-corrected chi connectivity index (χ4v) is 3.85. The van der Waals surface area contributed by atoms with Gasteiger partial charge >= 0.3 is 0 Å². The van der Waals surface area contributed by atoms with Gasteiger partial charge in [0.2, 0.25) is 5.91 Å². The number of anilines is 1. The van der Waals surface area contributed by atoms with Gasteiger partial charge in [-0.15, -0.1) is 24.8 Å². The summed E-state index contributed by atoms with van der Waals surface area (Å²) in [5.41, 5.74) is 8.11. The van der Waals surface area contributed by atoms with Gasteiger partial charge in [-0.1, -0.05) is 18.6 Å². The SMILES string of the molecule is Cl.Cl.N[C@@H]1CCC[C@H]1CC(=O)Nc1cccc(CN2CCC(O)CC2)c1. The maximum absolute atomic E-state index is 12.2. The second-order valence-corrected chi connectivity index (χ2v) is 7.31. The number of benzene rings is 1. The lowest BCUT2D eigenvalue weighted by molar-refractivity contribution is -0.117. The third kappa shape index (κ3) is 6.71. The molecule has 2 aliphatic rings. The third-order valence-corrected chi connectivity index (χ3v) is 5.34. The van der Waals surface area contributed by atoms with Crippen LogP contribution >= 0.6 is 24.8 Å². The zero-order chi connectivity index (χ0) is 16.9. The summed E-state index contributed by atoms with van der Waals surface area (Å²) in [5.74, 6) is 0.392. The highest BCUT2D eigenvalue weighted by Crippen LogP contribution is 2.27. The third-order valence-electron chi connectivity index (χ3n) is 5.34. The van der Waals surface area contributed by atoms with E-state index in [4.69, 9.17) is 5.73 Å². The molecule has 1 aromatic carbocycles. The molecule has 0 radical (unpaired) electrons. The number of halogens is 2. The number of aliphatic hydroxyl groups is 1. The van der Waals surface area contributed by atoms with Crippen LogP contribution in [0, 0.1) is 5.92 Å². The summed E-state index contributed by atoms with van der Waals surface area (Å²) in [6.07, 6.45) is 5.31. The van der Waals surface area contributed by atoms with E-state index in [0.29, 0.717) is 12.3 Å². The van der Waals surface area contributed by atoms with E-state index in [1.165, 1.54) is 5.56 Å². The lowest BCUT2D eigenvalue weighted by Crippen LogP contribution is -2.35. The first-order chi connectivity index (χ1) is 11.6. The van der Waals surface area contributed by atoms with Crippen LogP contribution in [0.2, 0.25) is 0 Å². The average Bonchev–Trinajstić information content (AvgIpc) is 2.95. The molecule has 1 aliphatic carbocycles. The number of carbonyl (C=O) groups excluding carboxylic acids is 1. The average molecular weight is 404 g/mol. The largest absolute Gasteiger partial charge is 0.393 e. The molecular weight excluding hydrogens is 373 g/mol. The Kier molecular flexibility index (Phi) is 9.90. The van der Waals surface area contributed by atoms with Gasteiger partial charge < -0.3 is 16.2 Å². The Labute approximate surface area is 168 Å². The standard InChI is InChI=1S/C19H29N3O2.2ClH/c20-18-6-2-4-15(18)12-19(24)21-16-5-1-3-14(11-16)13-22-9-7-17(23)8-10-22;;/h1,3,5,11,15,17-18,23H,2,4,6-10,12-13,20H2,(H,21,24);2*1H/t15-,18+;;/m0../s1. The molecule has 1 heterocycles. The number of nitrogens with one attached hydrogen (secondary N) is 1. The highest BCUT2D eigenvalue weighted by atomic mass is 35.5. The lowest BCUT2D eigenvalue weighted by Gasteiger charge is -2.29. The number of likely N-dealkylation sites (tertiary alicyclic amines) is 1. The van der Waals surface area contributed by atoms with E-state index in [2.05, 4.69) is 22.3 Å². The number of carbonyl (C=O) groups is 1. The molecule has 5 nitrogen and oxygen atoms in total. The monoisotopic (exact) mass is 403 g/mol. The van der Waals surface area contributed by atoms with E-state index in [0.717, 1.165) is 57.4 Å². The van der Waals surface area contributed by atoms with Gasteiger partial charge in [-0.2, -0.15) is 0 Å². The van der Waals surface area contributed by atoms with Crippen molar-refractivity contribution in [3.63, 3.8) is 0 Å². The molecule has 0 aromatic heterocycles. The molecule has 0 bridgehead atoms. The van der Waals surface area contributed by atoms with Crippen LogP contribution in [0.1, 0.15) is 44.1 Å². The number of piperidine rings is 1. The Balaban J connectivity index is 0.00000169. The van der Waals surface area contributed by atoms with Gasteiger partial charge in [-0.3, -0.25) is 9.69 Å². The fourth-order valence-electron chi connectivity index (χ4n) is 3.85. The van der Waals surface area contributed by atoms with Crippen LogP contribution < -0.4 is 11.1 Å². The van der Waals surface area contributed by atoms with E-state index in [9.17, 15) is 9.90 Å². The molecule has 0 spiro atoms. The molecule has 1 aliphatic heterocycles. The molecule has 3 rings (SSSR count). The Hall–Kier alpha value is -0.850. The minimum atomic E-state index is -0.145. The molecule has 1 aromatic rings. The van der Waals surface area contributed by atoms with Crippen molar-refractivity contribution in [3.8, 4) is 0 Å². The van der Waals surface area contributed by atoms with Crippen LogP contribution in [0.25, 0.3) is 0 Å². The first kappa shape index (κ1) is 23.2. The molecule has 26 heavy (non-hydrogen) atoms. The fraction of sp³-hybridized carbons (Fsp3) is 0.632. The molecule has 1 amide bonds. The molecule has 7 heteroatoms. The lowest BCUT2D eigenvalue weighted by atomic mass is 10.00. The van der Waals surface area contributed by atoms with Gasteiger partial charge in [0.05, 0.1) is 6.10 Å². The van der Waals surface area contributed by atoms with Crippen molar-refractivity contribution in [3.05, 3.63) is 29.8 Å². The highest BCUT2D eigenvalue weighted by molar-refractivity contribution is 5.91. The predicted octanol–water partition coefficient (Wildman–Crippen LogP) is 2.94. The Morgan fingerprint density at radius 2 is 1.92 bits per heavy atom. The van der Waals surface area contributed by atoms with Crippen molar-refractivity contribution in [1.29, 1.82) is 0 Å². The maximum atomic E-state index is 12.2. The van der Waals surface area contributed by atoms with Gasteiger partial charge in [-0.05, 0) is 49.3 Å². The quantitative estimate of drug-likeness (QED) is 0.705. The van der Waals surface area contributed by atoms with Crippen LogP contribution in [-0.4, -0.2) is 41.1 Å². The molecule has 1 saturated heterocycles. The number of rotatable bonds is 5. The van der Waals surface area contributed by atoms with Crippen molar-refractivity contribution < 1.29 is 9.90 Å². The minimum Gasteiger partial charge on any atom is -0.393 e.